The minimum Gasteiger partial charge on any atom is -0.294 e. The molecule has 0 aliphatic carbocycles. The first-order chi connectivity index (χ1) is 11.7. The van der Waals surface area contributed by atoms with Crippen LogP contribution in [0.5, 0.6) is 0 Å². The molecular weight excluding hydrogens is 346 g/mol. The number of rotatable bonds is 5. The van der Waals surface area contributed by atoms with Crippen molar-refractivity contribution in [3.05, 3.63) is 59.6 Å². The summed E-state index contributed by atoms with van der Waals surface area (Å²) >= 11 is 7.24. The molecule has 0 saturated carbocycles. The number of nitrogens with one attached hydrogen (secondary N) is 1. The van der Waals surface area contributed by atoms with E-state index in [4.69, 9.17) is 17.4 Å². The molecule has 0 fully saturated rings. The largest absolute Gasteiger partial charge is 0.294 e. The predicted molar refractivity (Wildman–Crippen MR) is 94.9 cm³/mol. The minimum atomic E-state index is -0.285. The van der Waals surface area contributed by atoms with Crippen LogP contribution < -0.4 is 11.3 Å². The average Bonchev–Trinajstić information content (AvgIpc) is 3.05. The number of thioether (sulfide) groups is 1. The van der Waals surface area contributed by atoms with E-state index >= 15 is 0 Å². The summed E-state index contributed by atoms with van der Waals surface area (Å²) in [6.45, 7) is 0. The quantitative estimate of drug-likeness (QED) is 0.316. The van der Waals surface area contributed by atoms with Gasteiger partial charge in [0.05, 0.1) is 5.75 Å². The maximum absolute atomic E-state index is 11.4. The lowest BCUT2D eigenvalue weighted by Crippen LogP contribution is -2.31. The zero-order chi connectivity index (χ0) is 16.9. The van der Waals surface area contributed by atoms with Gasteiger partial charge in [-0.3, -0.25) is 14.8 Å². The van der Waals surface area contributed by atoms with Crippen LogP contribution in [0, 0.1) is 0 Å². The zero-order valence-corrected chi connectivity index (χ0v) is 14.1. The molecule has 0 unspecified atom stereocenters. The van der Waals surface area contributed by atoms with Gasteiger partial charge in [-0.05, 0) is 24.3 Å². The Bertz CT molecular complexity index is 835. The molecule has 1 aromatic heterocycles. The Morgan fingerprint density at radius 2 is 1.83 bits per heavy atom. The summed E-state index contributed by atoms with van der Waals surface area (Å²) in [5.74, 6) is 5.68. The highest BCUT2D eigenvalue weighted by atomic mass is 35.5. The van der Waals surface area contributed by atoms with Gasteiger partial charge in [0, 0.05) is 16.3 Å². The molecule has 0 bridgehead atoms. The molecule has 1 amide bonds. The van der Waals surface area contributed by atoms with Gasteiger partial charge in [-0.1, -0.05) is 53.7 Å². The average molecular weight is 360 g/mol. The second-order valence-electron chi connectivity index (χ2n) is 4.84. The molecule has 3 rings (SSSR count). The second kappa shape index (κ2) is 7.48. The van der Waals surface area contributed by atoms with E-state index in [9.17, 15) is 4.79 Å². The summed E-state index contributed by atoms with van der Waals surface area (Å²) in [5.41, 5.74) is 3.89. The Labute approximate surface area is 148 Å². The third-order valence-electron chi connectivity index (χ3n) is 3.24. The van der Waals surface area contributed by atoms with E-state index in [1.54, 1.807) is 12.1 Å². The van der Waals surface area contributed by atoms with Crippen molar-refractivity contribution in [1.29, 1.82) is 0 Å². The number of carbonyl (C=O) groups is 1. The van der Waals surface area contributed by atoms with Crippen LogP contribution in [0.2, 0.25) is 5.02 Å². The minimum absolute atomic E-state index is 0.150. The molecule has 8 heteroatoms. The smallest absolute Gasteiger partial charge is 0.244 e. The first kappa shape index (κ1) is 16.5. The Hall–Kier alpha value is -2.35. The van der Waals surface area contributed by atoms with Crippen molar-refractivity contribution in [3.8, 4) is 17.1 Å². The van der Waals surface area contributed by atoms with E-state index in [1.807, 2.05) is 47.0 Å². The molecule has 0 saturated heterocycles. The maximum Gasteiger partial charge on any atom is 0.244 e. The van der Waals surface area contributed by atoms with Crippen LogP contribution in [0.4, 0.5) is 0 Å². The van der Waals surface area contributed by atoms with E-state index in [0.29, 0.717) is 16.0 Å². The first-order valence-electron chi connectivity index (χ1n) is 7.08. The topological polar surface area (TPSA) is 85.8 Å². The van der Waals surface area contributed by atoms with Gasteiger partial charge in [0.15, 0.2) is 11.0 Å². The third kappa shape index (κ3) is 3.59. The molecule has 0 atom stereocenters. The van der Waals surface area contributed by atoms with Crippen molar-refractivity contribution in [3.63, 3.8) is 0 Å². The second-order valence-corrected chi connectivity index (χ2v) is 6.22. The van der Waals surface area contributed by atoms with E-state index in [0.717, 1.165) is 11.3 Å². The van der Waals surface area contributed by atoms with Crippen molar-refractivity contribution < 1.29 is 4.79 Å². The molecule has 0 spiro atoms. The Balaban J connectivity index is 2.05. The van der Waals surface area contributed by atoms with Gasteiger partial charge in [-0.2, -0.15) is 0 Å². The monoisotopic (exact) mass is 359 g/mol. The van der Waals surface area contributed by atoms with Gasteiger partial charge in [-0.15, -0.1) is 10.2 Å². The number of aromatic nitrogens is 3. The molecule has 122 valence electrons. The van der Waals surface area contributed by atoms with Gasteiger partial charge >= 0.3 is 0 Å². The Morgan fingerprint density at radius 1 is 1.12 bits per heavy atom. The standard InChI is InChI=1S/C16H14ClN5OS/c17-12-6-8-13(9-7-12)22-15(11-4-2-1-3-5-11)20-21-16(22)24-10-14(23)19-18/h1-9H,10,18H2,(H,19,23). The fourth-order valence-electron chi connectivity index (χ4n) is 2.13. The third-order valence-corrected chi connectivity index (χ3v) is 4.42. The van der Waals surface area contributed by atoms with E-state index in [2.05, 4.69) is 15.6 Å². The number of benzene rings is 2. The van der Waals surface area contributed by atoms with Crippen molar-refractivity contribution in [2.45, 2.75) is 5.16 Å². The van der Waals surface area contributed by atoms with Crippen LogP contribution in [0.1, 0.15) is 0 Å². The van der Waals surface area contributed by atoms with Crippen LogP contribution in [0.25, 0.3) is 17.1 Å². The maximum atomic E-state index is 11.4. The van der Waals surface area contributed by atoms with E-state index in [-0.39, 0.29) is 11.7 Å². The molecule has 3 N–H and O–H groups in total. The molecule has 3 aromatic rings. The number of hydrazine groups is 1. The number of nitrogens with zero attached hydrogens (tertiary/aromatic N) is 3. The number of nitrogens with two attached hydrogens (primary N) is 1. The van der Waals surface area contributed by atoms with Crippen LogP contribution in [0.3, 0.4) is 0 Å². The summed E-state index contributed by atoms with van der Waals surface area (Å²) in [6, 6.07) is 17.1. The normalized spacial score (nSPS) is 10.6. The number of hydrogen-bond acceptors (Lipinski definition) is 5. The van der Waals surface area contributed by atoms with Gasteiger partial charge in [-0.25, -0.2) is 5.84 Å². The number of halogens is 1. The summed E-state index contributed by atoms with van der Waals surface area (Å²) in [6.07, 6.45) is 0. The lowest BCUT2D eigenvalue weighted by Gasteiger charge is -2.10. The first-order valence-corrected chi connectivity index (χ1v) is 8.44. The van der Waals surface area contributed by atoms with Crippen molar-refractivity contribution in [2.24, 2.45) is 5.84 Å². The lowest BCUT2D eigenvalue weighted by molar-refractivity contribution is -0.118. The van der Waals surface area contributed by atoms with Crippen LogP contribution in [-0.2, 0) is 4.79 Å². The van der Waals surface area contributed by atoms with Crippen molar-refractivity contribution >= 4 is 29.3 Å². The molecular formula is C16H14ClN5OS. The predicted octanol–water partition coefficient (Wildman–Crippen LogP) is 2.67. The zero-order valence-electron chi connectivity index (χ0n) is 12.5. The van der Waals surface area contributed by atoms with Crippen LogP contribution in [-0.4, -0.2) is 26.4 Å². The molecule has 0 aliphatic heterocycles. The Kier molecular flexibility index (Phi) is 5.14. The van der Waals surface area contributed by atoms with Gasteiger partial charge in [0.25, 0.3) is 0 Å². The van der Waals surface area contributed by atoms with Gasteiger partial charge in [0.1, 0.15) is 0 Å². The molecule has 0 radical (unpaired) electrons. The van der Waals surface area contributed by atoms with E-state index < -0.39 is 0 Å². The number of hydrogen-bond donors (Lipinski definition) is 2. The number of amides is 1. The van der Waals surface area contributed by atoms with Gasteiger partial charge in [0.2, 0.25) is 5.91 Å². The highest BCUT2D eigenvalue weighted by Gasteiger charge is 2.16. The van der Waals surface area contributed by atoms with Crippen LogP contribution >= 0.6 is 23.4 Å². The number of carbonyl (C=O) groups excluding carboxylic acids is 1. The van der Waals surface area contributed by atoms with Crippen molar-refractivity contribution in [1.82, 2.24) is 20.2 Å². The molecule has 2 aromatic carbocycles. The lowest BCUT2D eigenvalue weighted by atomic mass is 10.2. The SMILES string of the molecule is NNC(=O)CSc1nnc(-c2ccccc2)n1-c1ccc(Cl)cc1. The van der Waals surface area contributed by atoms with Crippen molar-refractivity contribution in [2.75, 3.05) is 5.75 Å². The molecule has 6 nitrogen and oxygen atoms in total. The highest BCUT2D eigenvalue weighted by molar-refractivity contribution is 7.99. The molecule has 24 heavy (non-hydrogen) atoms. The summed E-state index contributed by atoms with van der Waals surface area (Å²) in [5, 5.41) is 9.75. The Morgan fingerprint density at radius 3 is 2.50 bits per heavy atom. The fraction of sp³-hybridized carbons (Fsp3) is 0.0625. The van der Waals surface area contributed by atoms with Crippen LogP contribution in [0.15, 0.2) is 59.8 Å². The summed E-state index contributed by atoms with van der Waals surface area (Å²) < 4.78 is 1.89. The van der Waals surface area contributed by atoms with Gasteiger partial charge < -0.3 is 0 Å². The summed E-state index contributed by atoms with van der Waals surface area (Å²) in [4.78, 5) is 11.4. The molecule has 0 aliphatic rings. The molecule has 1 heterocycles. The highest BCUT2D eigenvalue weighted by Crippen LogP contribution is 2.28. The summed E-state index contributed by atoms with van der Waals surface area (Å²) in [7, 11) is 0. The fourth-order valence-corrected chi connectivity index (χ4v) is 3.02. The van der Waals surface area contributed by atoms with E-state index in [1.165, 1.54) is 11.8 Å².